The fraction of sp³-hybridized carbons (Fsp3) is 0.316. The van der Waals surface area contributed by atoms with Gasteiger partial charge in [-0.3, -0.25) is 5.41 Å². The average molecular weight is 377 g/mol. The SMILES string of the molecule is C=CC.CC.CC(=N)N.Cn1c(Cn2ccnc2)nc2cc(Cl)ccc21. The standard InChI is InChI=1S/C12H11ClN4.C3H6.C2H6N2.C2H6/c1-16-11-3-2-9(13)6-10(11)15-12(16)7-17-5-4-14-8-17;1-3-2;1-2(3)4;1-2/h2-6,8H,7H2,1H3;3H,1H2,2H3;1H3,(H3,3,4);1-2H3. The molecule has 3 aromatic rings. The van der Waals surface area contributed by atoms with Crippen molar-refractivity contribution in [3.63, 3.8) is 0 Å². The second-order valence-corrected chi connectivity index (χ2v) is 5.48. The van der Waals surface area contributed by atoms with Gasteiger partial charge in [0.1, 0.15) is 5.82 Å². The molecule has 0 unspecified atom stereocenters. The van der Waals surface area contributed by atoms with Crippen molar-refractivity contribution in [3.8, 4) is 0 Å². The molecule has 0 amide bonds. The number of allylic oxidation sites excluding steroid dienone is 1. The van der Waals surface area contributed by atoms with Gasteiger partial charge in [0.15, 0.2) is 0 Å². The number of benzene rings is 1. The minimum absolute atomic E-state index is 0.167. The zero-order valence-corrected chi connectivity index (χ0v) is 17.0. The number of nitrogens with one attached hydrogen (secondary N) is 1. The van der Waals surface area contributed by atoms with Gasteiger partial charge in [-0.2, -0.15) is 0 Å². The fourth-order valence-corrected chi connectivity index (χ4v) is 2.07. The molecule has 0 aliphatic carbocycles. The summed E-state index contributed by atoms with van der Waals surface area (Å²) in [5, 5.41) is 6.99. The van der Waals surface area contributed by atoms with Crippen molar-refractivity contribution in [1.82, 2.24) is 19.1 Å². The number of amidine groups is 1. The number of nitrogens with zero attached hydrogens (tertiary/aromatic N) is 4. The van der Waals surface area contributed by atoms with E-state index in [-0.39, 0.29) is 5.84 Å². The Kier molecular flexibility index (Phi) is 11.4. The summed E-state index contributed by atoms with van der Waals surface area (Å²) in [6, 6.07) is 5.75. The maximum absolute atomic E-state index is 6.28. The zero-order valence-electron chi connectivity index (χ0n) is 16.2. The molecular weight excluding hydrogens is 348 g/mol. The Hall–Kier alpha value is -2.60. The Balaban J connectivity index is 0.000000594. The van der Waals surface area contributed by atoms with Crippen molar-refractivity contribution in [1.29, 1.82) is 5.41 Å². The molecule has 0 atom stereocenters. The highest BCUT2D eigenvalue weighted by Gasteiger charge is 2.08. The number of aromatic nitrogens is 4. The summed E-state index contributed by atoms with van der Waals surface area (Å²) in [5.41, 5.74) is 6.71. The number of hydrogen-bond acceptors (Lipinski definition) is 3. The summed E-state index contributed by atoms with van der Waals surface area (Å²) in [6.45, 7) is 11.5. The maximum Gasteiger partial charge on any atom is 0.129 e. The number of fused-ring (bicyclic) bond motifs is 1. The largest absolute Gasteiger partial charge is 0.388 e. The first-order valence-electron chi connectivity index (χ1n) is 8.33. The van der Waals surface area contributed by atoms with Crippen LogP contribution in [0.4, 0.5) is 0 Å². The summed E-state index contributed by atoms with van der Waals surface area (Å²) in [4.78, 5) is 8.60. The molecule has 0 saturated carbocycles. The molecule has 142 valence electrons. The van der Waals surface area contributed by atoms with Gasteiger partial charge >= 0.3 is 0 Å². The van der Waals surface area contributed by atoms with Crippen LogP contribution < -0.4 is 5.73 Å². The molecule has 26 heavy (non-hydrogen) atoms. The molecule has 3 N–H and O–H groups in total. The topological polar surface area (TPSA) is 85.5 Å². The third-order valence-corrected chi connectivity index (χ3v) is 3.05. The minimum Gasteiger partial charge on any atom is -0.388 e. The van der Waals surface area contributed by atoms with Crippen LogP contribution in [0.1, 0.15) is 33.5 Å². The fourth-order valence-electron chi connectivity index (χ4n) is 1.91. The van der Waals surface area contributed by atoms with Crippen LogP contribution in [0.2, 0.25) is 5.02 Å². The molecule has 0 aliphatic heterocycles. The van der Waals surface area contributed by atoms with Gasteiger partial charge in [-0.15, -0.1) is 6.58 Å². The lowest BCUT2D eigenvalue weighted by atomic mass is 10.3. The van der Waals surface area contributed by atoms with Crippen molar-refractivity contribution in [3.05, 3.63) is 60.4 Å². The van der Waals surface area contributed by atoms with Crippen LogP contribution in [-0.4, -0.2) is 24.9 Å². The second kappa shape index (κ2) is 12.7. The lowest BCUT2D eigenvalue weighted by Gasteiger charge is -2.02. The first-order chi connectivity index (χ1) is 12.4. The van der Waals surface area contributed by atoms with Crippen molar-refractivity contribution in [2.75, 3.05) is 0 Å². The van der Waals surface area contributed by atoms with Gasteiger partial charge in [0, 0.05) is 24.5 Å². The lowest BCUT2D eigenvalue weighted by Crippen LogP contribution is -2.03. The van der Waals surface area contributed by atoms with Gasteiger partial charge in [-0.25, -0.2) is 9.97 Å². The molecule has 2 heterocycles. The van der Waals surface area contributed by atoms with E-state index in [4.69, 9.17) is 22.7 Å². The van der Waals surface area contributed by atoms with E-state index < -0.39 is 0 Å². The third-order valence-electron chi connectivity index (χ3n) is 2.82. The van der Waals surface area contributed by atoms with Crippen molar-refractivity contribution in [2.45, 2.75) is 34.2 Å². The molecule has 2 aromatic heterocycles. The Bertz CT molecular complexity index is 786. The molecule has 0 fully saturated rings. The number of imidazole rings is 2. The predicted molar refractivity (Wildman–Crippen MR) is 112 cm³/mol. The summed E-state index contributed by atoms with van der Waals surface area (Å²) in [5.74, 6) is 1.15. The first kappa shape index (κ1) is 23.4. The van der Waals surface area contributed by atoms with E-state index in [1.54, 1.807) is 18.6 Å². The minimum atomic E-state index is 0.167. The van der Waals surface area contributed by atoms with Crippen molar-refractivity contribution < 1.29 is 0 Å². The highest BCUT2D eigenvalue weighted by Crippen LogP contribution is 2.19. The lowest BCUT2D eigenvalue weighted by molar-refractivity contribution is 0.707. The smallest absolute Gasteiger partial charge is 0.129 e. The van der Waals surface area contributed by atoms with Crippen LogP contribution in [0.3, 0.4) is 0 Å². The molecule has 0 saturated heterocycles. The predicted octanol–water partition coefficient (Wildman–Crippen LogP) is 4.63. The van der Waals surface area contributed by atoms with E-state index in [9.17, 15) is 0 Å². The zero-order chi connectivity index (χ0) is 20.1. The third kappa shape index (κ3) is 7.98. The highest BCUT2D eigenvalue weighted by molar-refractivity contribution is 6.31. The molecule has 0 aliphatic rings. The monoisotopic (exact) mass is 376 g/mol. The van der Waals surface area contributed by atoms with Crippen molar-refractivity contribution >= 4 is 28.5 Å². The molecule has 6 nitrogen and oxygen atoms in total. The van der Waals surface area contributed by atoms with Gasteiger partial charge < -0.3 is 14.9 Å². The normalized spacial score (nSPS) is 9.00. The molecule has 0 spiro atoms. The summed E-state index contributed by atoms with van der Waals surface area (Å²) in [6.07, 6.45) is 7.22. The quantitative estimate of drug-likeness (QED) is 0.388. The van der Waals surface area contributed by atoms with E-state index in [0.717, 1.165) is 16.9 Å². The number of aryl methyl sites for hydroxylation is 1. The highest BCUT2D eigenvalue weighted by atomic mass is 35.5. The van der Waals surface area contributed by atoms with Crippen LogP contribution in [0.5, 0.6) is 0 Å². The van der Waals surface area contributed by atoms with Crippen LogP contribution >= 0.6 is 11.6 Å². The second-order valence-electron chi connectivity index (χ2n) is 5.05. The van der Waals surface area contributed by atoms with E-state index in [0.29, 0.717) is 11.6 Å². The van der Waals surface area contributed by atoms with E-state index in [2.05, 4.69) is 21.1 Å². The summed E-state index contributed by atoms with van der Waals surface area (Å²) in [7, 11) is 2.01. The molecule has 0 radical (unpaired) electrons. The van der Waals surface area contributed by atoms with E-state index in [1.807, 2.05) is 56.8 Å². The van der Waals surface area contributed by atoms with Gasteiger partial charge in [0.05, 0.1) is 29.7 Å². The van der Waals surface area contributed by atoms with Crippen molar-refractivity contribution in [2.24, 2.45) is 12.8 Å². The van der Waals surface area contributed by atoms with E-state index in [1.165, 1.54) is 6.92 Å². The molecular formula is C19H29ClN6. The average Bonchev–Trinajstić information content (AvgIpc) is 3.19. The Morgan fingerprint density at radius 3 is 2.46 bits per heavy atom. The number of nitrogens with two attached hydrogens (primary N) is 1. The van der Waals surface area contributed by atoms with Crippen LogP contribution in [-0.2, 0) is 13.6 Å². The summed E-state index contributed by atoms with van der Waals surface area (Å²) < 4.78 is 4.06. The van der Waals surface area contributed by atoms with Crippen LogP contribution in [0, 0.1) is 5.41 Å². The molecule has 1 aromatic carbocycles. The Morgan fingerprint density at radius 1 is 1.38 bits per heavy atom. The maximum atomic E-state index is 6.28. The van der Waals surface area contributed by atoms with Crippen LogP contribution in [0.15, 0.2) is 49.6 Å². The Labute approximate surface area is 160 Å². The van der Waals surface area contributed by atoms with Crippen LogP contribution in [0.25, 0.3) is 11.0 Å². The Morgan fingerprint density at radius 2 is 1.96 bits per heavy atom. The number of halogens is 1. The first-order valence-corrected chi connectivity index (χ1v) is 8.71. The van der Waals surface area contributed by atoms with Gasteiger partial charge in [0.25, 0.3) is 0 Å². The molecule has 3 rings (SSSR count). The van der Waals surface area contributed by atoms with E-state index >= 15 is 0 Å². The van der Waals surface area contributed by atoms with Gasteiger partial charge in [-0.05, 0) is 32.0 Å². The number of hydrogen-bond donors (Lipinski definition) is 2. The molecule has 7 heteroatoms. The number of rotatable bonds is 2. The van der Waals surface area contributed by atoms with Gasteiger partial charge in [-0.1, -0.05) is 31.5 Å². The summed E-state index contributed by atoms with van der Waals surface area (Å²) >= 11 is 5.96. The van der Waals surface area contributed by atoms with Gasteiger partial charge in [0.2, 0.25) is 0 Å². The molecule has 0 bridgehead atoms.